The van der Waals surface area contributed by atoms with E-state index in [-0.39, 0.29) is 18.0 Å². The normalized spacial score (nSPS) is 13.8. The van der Waals surface area contributed by atoms with Gasteiger partial charge in [0.05, 0.1) is 22.7 Å². The molecule has 7 heteroatoms. The van der Waals surface area contributed by atoms with Crippen LogP contribution in [-0.4, -0.2) is 27.3 Å². The molecule has 1 aliphatic heterocycles. The fourth-order valence-corrected chi connectivity index (χ4v) is 5.33. The van der Waals surface area contributed by atoms with E-state index < -0.39 is 5.25 Å². The van der Waals surface area contributed by atoms with Gasteiger partial charge in [-0.15, -0.1) is 0 Å². The van der Waals surface area contributed by atoms with E-state index in [1.54, 1.807) is 16.7 Å². The summed E-state index contributed by atoms with van der Waals surface area (Å²) >= 11 is 7.70. The molecule has 4 aromatic rings. The molecular formula is C26H22ClN3O2S. The molecular weight excluding hydrogens is 454 g/mol. The minimum atomic E-state index is -0.415. The van der Waals surface area contributed by atoms with Crippen molar-refractivity contribution in [3.05, 3.63) is 99.3 Å². The second-order valence-electron chi connectivity index (χ2n) is 8.02. The van der Waals surface area contributed by atoms with Gasteiger partial charge in [0.2, 0.25) is 5.91 Å². The lowest BCUT2D eigenvalue weighted by Gasteiger charge is -2.22. The van der Waals surface area contributed by atoms with Gasteiger partial charge in [0, 0.05) is 17.3 Å². The van der Waals surface area contributed by atoms with Crippen molar-refractivity contribution >= 4 is 45.9 Å². The number of fused-ring (bicyclic) bond motifs is 2. The highest BCUT2D eigenvalue weighted by Gasteiger charge is 2.29. The minimum absolute atomic E-state index is 0.0108. The summed E-state index contributed by atoms with van der Waals surface area (Å²) < 4.78 is 1.62. The fraction of sp³-hybridized carbons (Fsp3) is 0.192. The third-order valence-corrected chi connectivity index (χ3v) is 7.34. The lowest BCUT2D eigenvalue weighted by molar-refractivity contribution is -0.117. The van der Waals surface area contributed by atoms with Crippen LogP contribution in [0.3, 0.4) is 0 Å². The molecule has 5 nitrogen and oxygen atoms in total. The second-order valence-corrected chi connectivity index (χ2v) is 9.74. The van der Waals surface area contributed by atoms with E-state index in [1.807, 2.05) is 66.4 Å². The van der Waals surface area contributed by atoms with Crippen LogP contribution in [0.4, 0.5) is 5.69 Å². The average Bonchev–Trinajstić information content (AvgIpc) is 3.26. The molecule has 0 N–H and O–H groups in total. The monoisotopic (exact) mass is 475 g/mol. The summed E-state index contributed by atoms with van der Waals surface area (Å²) in [6.45, 7) is 2.82. The number of carbonyl (C=O) groups is 1. The summed E-state index contributed by atoms with van der Waals surface area (Å²) in [5, 5.41) is 1.22. The third kappa shape index (κ3) is 4.16. The van der Waals surface area contributed by atoms with E-state index in [9.17, 15) is 9.59 Å². The van der Waals surface area contributed by atoms with E-state index in [1.165, 1.54) is 17.3 Å². The molecule has 1 aromatic heterocycles. The molecule has 1 atom stereocenters. The van der Waals surface area contributed by atoms with Crippen LogP contribution < -0.4 is 10.5 Å². The molecule has 166 valence electrons. The summed E-state index contributed by atoms with van der Waals surface area (Å²) in [4.78, 5) is 33.4. The van der Waals surface area contributed by atoms with Crippen LogP contribution in [-0.2, 0) is 17.8 Å². The maximum atomic E-state index is 13.4. The van der Waals surface area contributed by atoms with E-state index in [4.69, 9.17) is 16.6 Å². The molecule has 1 aliphatic rings. The zero-order valence-corrected chi connectivity index (χ0v) is 19.6. The van der Waals surface area contributed by atoms with Gasteiger partial charge in [-0.25, -0.2) is 4.98 Å². The van der Waals surface area contributed by atoms with Crippen LogP contribution in [0.15, 0.2) is 82.7 Å². The van der Waals surface area contributed by atoms with Crippen molar-refractivity contribution in [2.24, 2.45) is 0 Å². The van der Waals surface area contributed by atoms with Crippen LogP contribution in [0.5, 0.6) is 0 Å². The largest absolute Gasteiger partial charge is 0.311 e. The first-order chi connectivity index (χ1) is 16.0. The number of para-hydroxylation sites is 2. The molecule has 0 saturated carbocycles. The SMILES string of the molecule is CC(Sc1nc2ccccc2c(=O)n1Cc1ccccc1Cl)C(=O)N1CCc2ccccc21. The molecule has 0 spiro atoms. The molecule has 0 aliphatic carbocycles. The average molecular weight is 476 g/mol. The summed E-state index contributed by atoms with van der Waals surface area (Å²) in [7, 11) is 0. The first-order valence-electron chi connectivity index (χ1n) is 10.8. The Hall–Kier alpha value is -3.09. The molecule has 2 heterocycles. The van der Waals surface area contributed by atoms with Crippen molar-refractivity contribution in [1.82, 2.24) is 9.55 Å². The molecule has 0 saturated heterocycles. The lowest BCUT2D eigenvalue weighted by Crippen LogP contribution is -2.35. The van der Waals surface area contributed by atoms with E-state index >= 15 is 0 Å². The number of rotatable bonds is 5. The smallest absolute Gasteiger partial charge is 0.262 e. The molecule has 1 amide bonds. The van der Waals surface area contributed by atoms with Crippen molar-refractivity contribution < 1.29 is 4.79 Å². The summed E-state index contributed by atoms with van der Waals surface area (Å²) in [5.41, 5.74) is 3.45. The molecule has 0 bridgehead atoms. The van der Waals surface area contributed by atoms with Crippen molar-refractivity contribution in [2.75, 3.05) is 11.4 Å². The van der Waals surface area contributed by atoms with Crippen molar-refractivity contribution in [3.63, 3.8) is 0 Å². The van der Waals surface area contributed by atoms with E-state index in [2.05, 4.69) is 6.07 Å². The maximum Gasteiger partial charge on any atom is 0.262 e. The Morgan fingerprint density at radius 3 is 2.64 bits per heavy atom. The van der Waals surface area contributed by atoms with Gasteiger partial charge in [0.1, 0.15) is 0 Å². The summed E-state index contributed by atoms with van der Waals surface area (Å²) in [5.74, 6) is 0.0108. The van der Waals surface area contributed by atoms with Crippen molar-refractivity contribution in [3.8, 4) is 0 Å². The third-order valence-electron chi connectivity index (χ3n) is 5.90. The number of thioether (sulfide) groups is 1. The Bertz CT molecular complexity index is 1420. The molecule has 1 unspecified atom stereocenters. The topological polar surface area (TPSA) is 55.2 Å². The number of benzene rings is 3. The van der Waals surface area contributed by atoms with Gasteiger partial charge in [-0.1, -0.05) is 71.9 Å². The Morgan fingerprint density at radius 2 is 1.79 bits per heavy atom. The molecule has 5 rings (SSSR count). The molecule has 0 fully saturated rings. The Morgan fingerprint density at radius 1 is 1.06 bits per heavy atom. The van der Waals surface area contributed by atoms with Gasteiger partial charge in [0.25, 0.3) is 5.56 Å². The minimum Gasteiger partial charge on any atom is -0.311 e. The highest BCUT2D eigenvalue weighted by atomic mass is 35.5. The number of halogens is 1. The number of hydrogen-bond acceptors (Lipinski definition) is 4. The van der Waals surface area contributed by atoms with Crippen molar-refractivity contribution in [1.29, 1.82) is 0 Å². The van der Waals surface area contributed by atoms with Gasteiger partial charge in [-0.3, -0.25) is 14.2 Å². The molecule has 33 heavy (non-hydrogen) atoms. The number of carbonyl (C=O) groups excluding carboxylic acids is 1. The Kier molecular flexibility index (Phi) is 5.96. The number of nitrogens with zero attached hydrogens (tertiary/aromatic N) is 3. The number of hydrogen-bond donors (Lipinski definition) is 0. The summed E-state index contributed by atoms with van der Waals surface area (Å²) in [6.07, 6.45) is 0.852. The quantitative estimate of drug-likeness (QED) is 0.295. The number of anilines is 1. The van der Waals surface area contributed by atoms with Crippen molar-refractivity contribution in [2.45, 2.75) is 30.3 Å². The van der Waals surface area contributed by atoms with Crippen LogP contribution in [0.1, 0.15) is 18.1 Å². The zero-order chi connectivity index (χ0) is 22.9. The molecule has 3 aromatic carbocycles. The van der Waals surface area contributed by atoms with E-state index in [0.717, 1.165) is 17.7 Å². The van der Waals surface area contributed by atoms with Crippen LogP contribution in [0.2, 0.25) is 5.02 Å². The molecule has 0 radical (unpaired) electrons. The van der Waals surface area contributed by atoms with Gasteiger partial charge >= 0.3 is 0 Å². The Labute approximate surface area is 201 Å². The van der Waals surface area contributed by atoms with Crippen LogP contribution >= 0.6 is 23.4 Å². The van der Waals surface area contributed by atoms with Gasteiger partial charge in [-0.2, -0.15) is 0 Å². The van der Waals surface area contributed by atoms with Gasteiger partial charge < -0.3 is 4.90 Å². The standard InChI is InChI=1S/C26H22ClN3O2S/c1-17(24(31)29-15-14-18-8-3-7-13-23(18)29)33-26-28-22-12-6-4-10-20(22)25(32)30(26)16-19-9-2-5-11-21(19)27/h2-13,17H,14-16H2,1H3. The maximum absolute atomic E-state index is 13.4. The number of amides is 1. The zero-order valence-electron chi connectivity index (χ0n) is 18.1. The van der Waals surface area contributed by atoms with Crippen LogP contribution in [0, 0.1) is 0 Å². The van der Waals surface area contributed by atoms with Crippen LogP contribution in [0.25, 0.3) is 10.9 Å². The lowest BCUT2D eigenvalue weighted by atomic mass is 10.2. The summed E-state index contributed by atoms with van der Waals surface area (Å²) in [6, 6.07) is 22.7. The van der Waals surface area contributed by atoms with E-state index in [0.29, 0.717) is 27.6 Å². The first-order valence-corrected chi connectivity index (χ1v) is 12.1. The highest BCUT2D eigenvalue weighted by molar-refractivity contribution is 8.00. The number of aromatic nitrogens is 2. The second kappa shape index (κ2) is 9.04. The predicted molar refractivity (Wildman–Crippen MR) is 134 cm³/mol. The predicted octanol–water partition coefficient (Wildman–Crippen LogP) is 5.17. The highest BCUT2D eigenvalue weighted by Crippen LogP contribution is 2.31. The van der Waals surface area contributed by atoms with Gasteiger partial charge in [-0.05, 0) is 48.7 Å². The Balaban J connectivity index is 1.51. The fourth-order valence-electron chi connectivity index (χ4n) is 4.17. The van der Waals surface area contributed by atoms with Gasteiger partial charge in [0.15, 0.2) is 5.16 Å². The first kappa shape index (κ1) is 21.7.